The number of nitrogens with zero attached hydrogens (tertiary/aromatic N) is 5. The fourth-order valence-corrected chi connectivity index (χ4v) is 6.63. The Bertz CT molecular complexity index is 2110. The lowest BCUT2D eigenvalue weighted by Crippen LogP contribution is -2.49. The number of carboxylic acid groups (broad SMARTS) is 2. The smallest absolute Gasteiger partial charge is 0.341 e. The summed E-state index contributed by atoms with van der Waals surface area (Å²) in [4.78, 5) is 55.7. The molecule has 4 aromatic rings. The van der Waals surface area contributed by atoms with E-state index in [2.05, 4.69) is 15.6 Å². The van der Waals surface area contributed by atoms with Crippen molar-refractivity contribution in [2.45, 2.75) is 45.3 Å². The molecule has 3 aromatic heterocycles. The first-order valence-corrected chi connectivity index (χ1v) is 16.5. The van der Waals surface area contributed by atoms with Crippen molar-refractivity contribution in [1.29, 1.82) is 0 Å². The summed E-state index contributed by atoms with van der Waals surface area (Å²) in [5, 5.41) is 25.0. The molecule has 2 aliphatic heterocycles. The third-order valence-corrected chi connectivity index (χ3v) is 9.23. The molecule has 0 spiro atoms. The summed E-state index contributed by atoms with van der Waals surface area (Å²) in [7, 11) is 1.45. The van der Waals surface area contributed by atoms with Gasteiger partial charge in [-0.25, -0.2) is 23.4 Å². The average Bonchev–Trinajstić information content (AvgIpc) is 3.94. The van der Waals surface area contributed by atoms with E-state index in [1.807, 2.05) is 23.6 Å². The molecule has 1 saturated carbocycles. The molecule has 1 aromatic carbocycles. The monoisotopic (exact) mass is 695 g/mol. The number of benzene rings is 1. The zero-order chi connectivity index (χ0) is 35.9. The largest absolute Gasteiger partial charge is 0.492 e. The van der Waals surface area contributed by atoms with Gasteiger partial charge in [-0.1, -0.05) is 0 Å². The molecule has 3 aliphatic rings. The van der Waals surface area contributed by atoms with Gasteiger partial charge in [0.05, 0.1) is 23.4 Å². The summed E-state index contributed by atoms with van der Waals surface area (Å²) >= 11 is 0. The van der Waals surface area contributed by atoms with Crippen LogP contribution in [0.4, 0.5) is 20.3 Å². The van der Waals surface area contributed by atoms with E-state index >= 15 is 4.39 Å². The predicted octanol–water partition coefficient (Wildman–Crippen LogP) is 2.64. The van der Waals surface area contributed by atoms with Crippen LogP contribution >= 0.6 is 0 Å². The molecule has 1 aliphatic carbocycles. The Kier molecular flexibility index (Phi) is 9.75. The van der Waals surface area contributed by atoms with Gasteiger partial charge in [0.15, 0.2) is 23.2 Å². The Hall–Kier alpha value is -5.09. The number of fused-ring (bicyclic) bond motifs is 2. The normalized spacial score (nSPS) is 17.8. The van der Waals surface area contributed by atoms with Crippen LogP contribution in [0.1, 0.15) is 53.4 Å². The number of anilines is 2. The first-order valence-electron chi connectivity index (χ1n) is 16.5. The minimum Gasteiger partial charge on any atom is -0.492 e. The van der Waals surface area contributed by atoms with Crippen molar-refractivity contribution in [3.05, 3.63) is 67.7 Å². The zero-order valence-corrected chi connectivity index (χ0v) is 28.0. The second kappa shape index (κ2) is 14.0. The number of ether oxygens (including phenoxy) is 1. The maximum atomic E-state index is 15.1. The van der Waals surface area contributed by atoms with Gasteiger partial charge < -0.3 is 44.5 Å². The number of hydrogen-bond acceptors (Lipinski definition) is 10. The summed E-state index contributed by atoms with van der Waals surface area (Å²) in [6, 6.07) is 2.55. The number of pyridine rings is 3. The first kappa shape index (κ1) is 34.8. The van der Waals surface area contributed by atoms with Crippen LogP contribution in [-0.2, 0) is 6.54 Å². The quantitative estimate of drug-likeness (QED) is 0.223. The molecule has 3 fully saturated rings. The van der Waals surface area contributed by atoms with E-state index in [4.69, 9.17) is 9.84 Å². The van der Waals surface area contributed by atoms with E-state index in [-0.39, 0.29) is 39.8 Å². The molecule has 4 N–H and O–H groups in total. The highest BCUT2D eigenvalue weighted by Crippen LogP contribution is 2.43. The number of rotatable bonds is 7. The number of aromatic nitrogens is 3. The van der Waals surface area contributed by atoms with E-state index in [9.17, 15) is 28.7 Å². The molecule has 1 unspecified atom stereocenters. The molecular weight excluding hydrogens is 656 g/mol. The molecule has 5 heterocycles. The molecule has 7 rings (SSSR count). The average molecular weight is 696 g/mol. The Morgan fingerprint density at radius 1 is 0.940 bits per heavy atom. The fraction of sp³-hybridized carbons (Fsp3) is 0.441. The van der Waals surface area contributed by atoms with Crippen LogP contribution in [-0.4, -0.2) is 95.2 Å². The number of piperazine rings is 2. The molecule has 0 radical (unpaired) electrons. The maximum absolute atomic E-state index is 15.1. The highest BCUT2D eigenvalue weighted by molar-refractivity contribution is 5.97. The van der Waals surface area contributed by atoms with Gasteiger partial charge in [0.25, 0.3) is 0 Å². The van der Waals surface area contributed by atoms with Gasteiger partial charge in [-0.3, -0.25) is 9.59 Å². The van der Waals surface area contributed by atoms with Gasteiger partial charge >= 0.3 is 11.9 Å². The van der Waals surface area contributed by atoms with E-state index < -0.39 is 34.4 Å². The summed E-state index contributed by atoms with van der Waals surface area (Å²) in [6.07, 6.45) is 4.41. The minimum atomic E-state index is -1.33. The number of carboxylic acids is 2. The predicted molar refractivity (Wildman–Crippen MR) is 183 cm³/mol. The van der Waals surface area contributed by atoms with Crippen LogP contribution in [0.3, 0.4) is 0 Å². The fourth-order valence-electron chi connectivity index (χ4n) is 6.63. The van der Waals surface area contributed by atoms with Crippen molar-refractivity contribution < 1.29 is 33.3 Å². The zero-order valence-electron chi connectivity index (χ0n) is 28.0. The van der Waals surface area contributed by atoms with Gasteiger partial charge in [-0.2, -0.15) is 0 Å². The minimum absolute atomic E-state index is 0.0110. The van der Waals surface area contributed by atoms with Crippen molar-refractivity contribution in [2.24, 2.45) is 0 Å². The number of carbonyl (C=O) groups is 2. The van der Waals surface area contributed by atoms with Gasteiger partial charge in [-0.15, -0.1) is 0 Å². The highest BCUT2D eigenvalue weighted by atomic mass is 19.1. The molecule has 266 valence electrons. The molecule has 50 heavy (non-hydrogen) atoms. The van der Waals surface area contributed by atoms with Crippen molar-refractivity contribution in [2.75, 3.05) is 62.7 Å². The van der Waals surface area contributed by atoms with Crippen molar-refractivity contribution in [3.63, 3.8) is 0 Å². The molecule has 1 atom stereocenters. The van der Waals surface area contributed by atoms with E-state index in [1.165, 1.54) is 19.5 Å². The van der Waals surface area contributed by atoms with E-state index in [1.54, 1.807) is 9.13 Å². The third-order valence-electron chi connectivity index (χ3n) is 9.23. The maximum Gasteiger partial charge on any atom is 0.341 e. The topological polar surface area (TPSA) is 171 Å². The van der Waals surface area contributed by atoms with Crippen molar-refractivity contribution in [3.8, 4) is 5.75 Å². The number of nitrogens with one attached hydrogen (secondary N) is 2. The lowest BCUT2D eigenvalue weighted by Gasteiger charge is -2.35. The van der Waals surface area contributed by atoms with Crippen molar-refractivity contribution >= 4 is 45.4 Å². The highest BCUT2D eigenvalue weighted by Gasteiger charge is 2.32. The third kappa shape index (κ3) is 6.47. The second-order valence-electron chi connectivity index (χ2n) is 12.6. The lowest BCUT2D eigenvalue weighted by molar-refractivity contribution is 0.0684. The molecule has 16 heteroatoms. The molecule has 0 amide bonds. The van der Waals surface area contributed by atoms with Crippen LogP contribution in [0.25, 0.3) is 21.9 Å². The van der Waals surface area contributed by atoms with Crippen LogP contribution in [0.15, 0.2) is 34.1 Å². The van der Waals surface area contributed by atoms with Crippen LogP contribution in [0.5, 0.6) is 5.75 Å². The number of aryl methyl sites for hydroxylation is 1. The van der Waals surface area contributed by atoms with E-state index in [0.29, 0.717) is 55.3 Å². The van der Waals surface area contributed by atoms with Gasteiger partial charge in [-0.05, 0) is 38.8 Å². The van der Waals surface area contributed by atoms with Crippen LogP contribution in [0, 0.1) is 11.6 Å². The summed E-state index contributed by atoms with van der Waals surface area (Å²) in [6.45, 7) is 8.92. The number of methoxy groups -OCH3 is 1. The number of aromatic carboxylic acids is 2. The standard InChI is InChI=1S/C19H22FN3O4.C15H17FN4O3/c1-10-8-22(6-5-21-10)16-14(20)7-12-15(18(16)27-2)23(11-3-4-11)9-13(17(12)24)19(25)26;1-2-19-8-10(15(22)23)12(21)9-7-11(16)14(18-13(9)19)20-5-3-17-4-6-20/h7,9-11,21H,3-6,8H2,1-2H3,(H,25,26);7-8,17H,2-6H2,1H3,(H,22,23). The van der Waals surface area contributed by atoms with Gasteiger partial charge in [0.2, 0.25) is 10.9 Å². The number of hydrogen-bond donors (Lipinski definition) is 4. The van der Waals surface area contributed by atoms with Crippen molar-refractivity contribution in [1.82, 2.24) is 24.8 Å². The Morgan fingerprint density at radius 2 is 1.56 bits per heavy atom. The van der Waals surface area contributed by atoms with Gasteiger partial charge in [0.1, 0.15) is 22.5 Å². The lowest BCUT2D eigenvalue weighted by atomic mass is 10.1. The Balaban J connectivity index is 0.000000175. The first-order chi connectivity index (χ1) is 23.9. The SMILES string of the molecule is CCn1cc(C(=O)O)c(=O)c2cc(F)c(N3CCNCC3)nc21.COc1c(N2CCNC(C)C2)c(F)cc2c(=O)c(C(=O)O)cn(C3CC3)c12. The van der Waals surface area contributed by atoms with Gasteiger partial charge in [0, 0.05) is 76.8 Å². The second-order valence-corrected chi connectivity index (χ2v) is 12.6. The van der Waals surface area contributed by atoms with E-state index in [0.717, 1.165) is 44.6 Å². The Morgan fingerprint density at radius 3 is 2.16 bits per heavy atom. The number of halogens is 2. The molecule has 0 bridgehead atoms. The summed E-state index contributed by atoms with van der Waals surface area (Å²) in [5.41, 5.74) is -1.03. The summed E-state index contributed by atoms with van der Waals surface area (Å²) < 4.78 is 38.5. The van der Waals surface area contributed by atoms with Crippen LogP contribution in [0.2, 0.25) is 0 Å². The Labute approximate surface area is 284 Å². The molecule has 14 nitrogen and oxygen atoms in total. The molecule has 2 saturated heterocycles. The summed E-state index contributed by atoms with van der Waals surface area (Å²) in [5.74, 6) is -3.33. The van der Waals surface area contributed by atoms with Crippen LogP contribution < -0.4 is 36.0 Å². The molecular formula is C34H39F2N7O7.